The second kappa shape index (κ2) is 8.63. The zero-order valence-corrected chi connectivity index (χ0v) is 16.4. The van der Waals surface area contributed by atoms with Gasteiger partial charge in [-0.1, -0.05) is 42.5 Å². The van der Waals surface area contributed by atoms with E-state index in [-0.39, 0.29) is 11.7 Å². The Morgan fingerprint density at radius 2 is 1.75 bits per heavy atom. The summed E-state index contributed by atoms with van der Waals surface area (Å²) < 4.78 is 13.1. The van der Waals surface area contributed by atoms with Crippen molar-refractivity contribution in [3.63, 3.8) is 0 Å². The average Bonchev–Trinajstić information content (AvgIpc) is 3.12. The number of aromatic nitrogens is 1. The standard InChI is InChI=1S/C22H22FN3OS/c23-19-8-6-17(7-9-19)15-26-13-12-25(11-10-21(26)27)16-20-14-24-22(28-20)18-4-2-1-3-5-18/h1-9,14H,10-13,15-16H2. The summed E-state index contributed by atoms with van der Waals surface area (Å²) in [4.78, 5) is 22.4. The van der Waals surface area contributed by atoms with Gasteiger partial charge >= 0.3 is 0 Å². The molecule has 0 spiro atoms. The zero-order chi connectivity index (χ0) is 19.3. The lowest BCUT2D eigenvalue weighted by Gasteiger charge is -2.22. The molecular formula is C22H22FN3OS. The van der Waals surface area contributed by atoms with E-state index in [0.717, 1.165) is 35.8 Å². The summed E-state index contributed by atoms with van der Waals surface area (Å²) in [5.41, 5.74) is 2.09. The summed E-state index contributed by atoms with van der Waals surface area (Å²) in [6.45, 7) is 3.59. The number of rotatable bonds is 5. The first-order valence-corrected chi connectivity index (χ1v) is 10.2. The van der Waals surface area contributed by atoms with Gasteiger partial charge in [-0.2, -0.15) is 0 Å². The van der Waals surface area contributed by atoms with Crippen LogP contribution in [0.25, 0.3) is 10.6 Å². The Morgan fingerprint density at radius 1 is 0.964 bits per heavy atom. The van der Waals surface area contributed by atoms with E-state index in [4.69, 9.17) is 0 Å². The molecular weight excluding hydrogens is 373 g/mol. The van der Waals surface area contributed by atoms with E-state index < -0.39 is 0 Å². The van der Waals surface area contributed by atoms with Crippen LogP contribution in [0.4, 0.5) is 4.39 Å². The molecule has 3 aromatic rings. The third-order valence-electron chi connectivity index (χ3n) is 4.92. The molecule has 1 fully saturated rings. The van der Waals surface area contributed by atoms with Gasteiger partial charge in [-0.3, -0.25) is 9.69 Å². The Bertz CT molecular complexity index is 926. The molecule has 0 bridgehead atoms. The number of carbonyl (C=O) groups is 1. The van der Waals surface area contributed by atoms with Gasteiger partial charge in [-0.15, -0.1) is 11.3 Å². The Balaban J connectivity index is 1.36. The fraction of sp³-hybridized carbons (Fsp3) is 0.273. The molecule has 1 aromatic heterocycles. The molecule has 0 aliphatic carbocycles. The van der Waals surface area contributed by atoms with E-state index in [0.29, 0.717) is 19.5 Å². The lowest BCUT2D eigenvalue weighted by Crippen LogP contribution is -2.32. The highest BCUT2D eigenvalue weighted by Gasteiger charge is 2.21. The normalized spacial score (nSPS) is 15.6. The number of hydrogen-bond acceptors (Lipinski definition) is 4. The molecule has 4 nitrogen and oxygen atoms in total. The summed E-state index contributed by atoms with van der Waals surface area (Å²) in [5, 5.41) is 1.03. The van der Waals surface area contributed by atoms with Gasteiger partial charge < -0.3 is 4.90 Å². The SMILES string of the molecule is O=C1CCN(Cc2cnc(-c3ccccc3)s2)CCN1Cc1ccc(F)cc1. The second-order valence-corrected chi connectivity index (χ2v) is 8.08. The van der Waals surface area contributed by atoms with Crippen LogP contribution in [0, 0.1) is 5.82 Å². The molecule has 1 aliphatic heterocycles. The minimum absolute atomic E-state index is 0.154. The van der Waals surface area contributed by atoms with E-state index >= 15 is 0 Å². The fourth-order valence-corrected chi connectivity index (χ4v) is 4.32. The molecule has 1 saturated heterocycles. The lowest BCUT2D eigenvalue weighted by molar-refractivity contribution is -0.130. The van der Waals surface area contributed by atoms with Crippen molar-refractivity contribution < 1.29 is 9.18 Å². The molecule has 4 rings (SSSR count). The van der Waals surface area contributed by atoms with Crippen molar-refractivity contribution in [1.29, 1.82) is 0 Å². The molecule has 0 unspecified atom stereocenters. The Labute approximate surface area is 168 Å². The van der Waals surface area contributed by atoms with Gasteiger partial charge in [0.05, 0.1) is 0 Å². The first kappa shape index (κ1) is 18.8. The maximum Gasteiger partial charge on any atom is 0.224 e. The molecule has 1 aliphatic rings. The first-order chi connectivity index (χ1) is 13.7. The van der Waals surface area contributed by atoms with Gasteiger partial charge in [0.15, 0.2) is 0 Å². The predicted molar refractivity (Wildman–Crippen MR) is 109 cm³/mol. The highest BCUT2D eigenvalue weighted by atomic mass is 32.1. The number of benzene rings is 2. The van der Waals surface area contributed by atoms with Crippen molar-refractivity contribution in [2.75, 3.05) is 19.6 Å². The van der Waals surface area contributed by atoms with E-state index in [1.54, 1.807) is 23.5 Å². The molecule has 1 amide bonds. The summed E-state index contributed by atoms with van der Waals surface area (Å²) in [6, 6.07) is 16.6. The van der Waals surface area contributed by atoms with Crippen LogP contribution in [-0.4, -0.2) is 40.3 Å². The number of amides is 1. The van der Waals surface area contributed by atoms with Crippen LogP contribution < -0.4 is 0 Å². The van der Waals surface area contributed by atoms with Crippen LogP contribution >= 0.6 is 11.3 Å². The van der Waals surface area contributed by atoms with Gasteiger partial charge in [0, 0.05) is 55.8 Å². The minimum Gasteiger partial charge on any atom is -0.337 e. The van der Waals surface area contributed by atoms with E-state index in [1.807, 2.05) is 29.3 Å². The average molecular weight is 396 g/mol. The molecule has 144 valence electrons. The Kier molecular flexibility index (Phi) is 5.78. The van der Waals surface area contributed by atoms with Crippen LogP contribution in [0.2, 0.25) is 0 Å². The first-order valence-electron chi connectivity index (χ1n) is 9.42. The molecule has 0 N–H and O–H groups in total. The number of thiazole rings is 1. The number of hydrogen-bond donors (Lipinski definition) is 0. The number of halogens is 1. The topological polar surface area (TPSA) is 36.4 Å². The van der Waals surface area contributed by atoms with E-state index in [2.05, 4.69) is 22.0 Å². The zero-order valence-electron chi connectivity index (χ0n) is 15.6. The van der Waals surface area contributed by atoms with Gasteiger partial charge in [-0.25, -0.2) is 9.37 Å². The molecule has 0 radical (unpaired) electrons. The molecule has 0 atom stereocenters. The summed E-state index contributed by atoms with van der Waals surface area (Å²) in [7, 11) is 0. The Hall–Kier alpha value is -2.57. The maximum atomic E-state index is 13.1. The summed E-state index contributed by atoms with van der Waals surface area (Å²) >= 11 is 1.71. The van der Waals surface area contributed by atoms with Crippen LogP contribution in [0.3, 0.4) is 0 Å². The van der Waals surface area contributed by atoms with E-state index in [1.165, 1.54) is 17.0 Å². The summed E-state index contributed by atoms with van der Waals surface area (Å²) in [6.07, 6.45) is 2.45. The molecule has 0 saturated carbocycles. The Morgan fingerprint density at radius 3 is 2.54 bits per heavy atom. The number of nitrogens with zero attached hydrogens (tertiary/aromatic N) is 3. The van der Waals surface area contributed by atoms with E-state index in [9.17, 15) is 9.18 Å². The lowest BCUT2D eigenvalue weighted by atomic mass is 10.2. The quantitative estimate of drug-likeness (QED) is 0.650. The molecule has 28 heavy (non-hydrogen) atoms. The highest BCUT2D eigenvalue weighted by Crippen LogP contribution is 2.26. The summed E-state index contributed by atoms with van der Waals surface area (Å²) in [5.74, 6) is -0.0994. The maximum absolute atomic E-state index is 13.1. The smallest absolute Gasteiger partial charge is 0.224 e. The molecule has 6 heteroatoms. The second-order valence-electron chi connectivity index (χ2n) is 6.97. The molecule has 2 aromatic carbocycles. The van der Waals surface area contributed by atoms with Crippen molar-refractivity contribution in [1.82, 2.24) is 14.8 Å². The van der Waals surface area contributed by atoms with Crippen molar-refractivity contribution in [3.8, 4) is 10.6 Å². The van der Waals surface area contributed by atoms with Crippen LogP contribution in [-0.2, 0) is 17.9 Å². The molecule has 2 heterocycles. The van der Waals surface area contributed by atoms with Crippen LogP contribution in [0.15, 0.2) is 60.8 Å². The minimum atomic E-state index is -0.253. The largest absolute Gasteiger partial charge is 0.337 e. The van der Waals surface area contributed by atoms with Gasteiger partial charge in [0.1, 0.15) is 10.8 Å². The van der Waals surface area contributed by atoms with Crippen molar-refractivity contribution in [2.45, 2.75) is 19.5 Å². The van der Waals surface area contributed by atoms with Crippen molar-refractivity contribution >= 4 is 17.2 Å². The monoisotopic (exact) mass is 395 g/mol. The van der Waals surface area contributed by atoms with Gasteiger partial charge in [-0.05, 0) is 17.7 Å². The van der Waals surface area contributed by atoms with Gasteiger partial charge in [0.2, 0.25) is 5.91 Å². The number of carbonyl (C=O) groups excluding carboxylic acids is 1. The van der Waals surface area contributed by atoms with Crippen molar-refractivity contribution in [2.24, 2.45) is 0 Å². The van der Waals surface area contributed by atoms with Crippen LogP contribution in [0.1, 0.15) is 16.9 Å². The fourth-order valence-electron chi connectivity index (χ4n) is 3.36. The van der Waals surface area contributed by atoms with Crippen molar-refractivity contribution in [3.05, 3.63) is 77.1 Å². The highest BCUT2D eigenvalue weighted by molar-refractivity contribution is 7.15. The van der Waals surface area contributed by atoms with Crippen LogP contribution in [0.5, 0.6) is 0 Å². The van der Waals surface area contributed by atoms with Gasteiger partial charge in [0.25, 0.3) is 0 Å². The third-order valence-corrected chi connectivity index (χ3v) is 5.95. The third kappa shape index (κ3) is 4.64. The predicted octanol–water partition coefficient (Wildman–Crippen LogP) is 4.18.